The standard InChI is InChI=1S/C11H13IN2O2/c1-6(5-15)14-8-2-7-4-13-11(16)10(7)9(12)3-8/h2-3,6,14-15H,4-5H2,1H3,(H,13,16)/t6-/m1/s1. The maximum Gasteiger partial charge on any atom is 0.252 e. The van der Waals surface area contributed by atoms with E-state index in [-0.39, 0.29) is 18.6 Å². The SMILES string of the molecule is C[C@H](CO)Nc1cc(I)c2c(c1)CNC2=O. The third kappa shape index (κ3) is 2.15. The summed E-state index contributed by atoms with van der Waals surface area (Å²) in [6.45, 7) is 2.58. The quantitative estimate of drug-likeness (QED) is 0.732. The number of nitrogens with one attached hydrogen (secondary N) is 2. The maximum atomic E-state index is 11.5. The van der Waals surface area contributed by atoms with Gasteiger partial charge in [-0.2, -0.15) is 0 Å². The van der Waals surface area contributed by atoms with Crippen LogP contribution in [0.1, 0.15) is 22.8 Å². The Labute approximate surface area is 108 Å². The van der Waals surface area contributed by atoms with Crippen molar-refractivity contribution in [3.05, 3.63) is 26.8 Å². The lowest BCUT2D eigenvalue weighted by Crippen LogP contribution is -2.19. The third-order valence-electron chi connectivity index (χ3n) is 2.53. The summed E-state index contributed by atoms with van der Waals surface area (Å²) >= 11 is 2.16. The number of amides is 1. The summed E-state index contributed by atoms with van der Waals surface area (Å²) in [6.07, 6.45) is 0. The number of benzene rings is 1. The number of carbonyl (C=O) groups is 1. The molecule has 1 aliphatic rings. The average molecular weight is 332 g/mol. The summed E-state index contributed by atoms with van der Waals surface area (Å²) in [5, 5.41) is 15.0. The van der Waals surface area contributed by atoms with E-state index in [2.05, 4.69) is 33.2 Å². The van der Waals surface area contributed by atoms with Gasteiger partial charge in [0.1, 0.15) is 0 Å². The normalized spacial score (nSPS) is 15.6. The van der Waals surface area contributed by atoms with Crippen molar-refractivity contribution < 1.29 is 9.90 Å². The largest absolute Gasteiger partial charge is 0.394 e. The van der Waals surface area contributed by atoms with Crippen LogP contribution in [-0.2, 0) is 6.54 Å². The highest BCUT2D eigenvalue weighted by Gasteiger charge is 2.22. The van der Waals surface area contributed by atoms with Gasteiger partial charge in [-0.3, -0.25) is 4.79 Å². The molecule has 0 spiro atoms. The summed E-state index contributed by atoms with van der Waals surface area (Å²) in [5.41, 5.74) is 2.74. The van der Waals surface area contributed by atoms with Crippen LogP contribution in [0.25, 0.3) is 0 Å². The van der Waals surface area contributed by atoms with Crippen LogP contribution in [0.3, 0.4) is 0 Å². The summed E-state index contributed by atoms with van der Waals surface area (Å²) in [4.78, 5) is 11.5. The van der Waals surface area contributed by atoms with Crippen molar-refractivity contribution >= 4 is 34.2 Å². The van der Waals surface area contributed by atoms with Gasteiger partial charge in [0.25, 0.3) is 5.91 Å². The third-order valence-corrected chi connectivity index (χ3v) is 3.38. The molecule has 1 aromatic rings. The smallest absolute Gasteiger partial charge is 0.252 e. The molecule has 2 rings (SSSR count). The zero-order chi connectivity index (χ0) is 11.7. The van der Waals surface area contributed by atoms with Gasteiger partial charge < -0.3 is 15.7 Å². The topological polar surface area (TPSA) is 61.4 Å². The Morgan fingerprint density at radius 3 is 3.06 bits per heavy atom. The Morgan fingerprint density at radius 2 is 2.38 bits per heavy atom. The number of hydrogen-bond donors (Lipinski definition) is 3. The van der Waals surface area contributed by atoms with E-state index < -0.39 is 0 Å². The first kappa shape index (κ1) is 11.7. The minimum absolute atomic E-state index is 0.00107. The summed E-state index contributed by atoms with van der Waals surface area (Å²) in [5.74, 6) is 0.00107. The van der Waals surface area contributed by atoms with Gasteiger partial charge in [-0.25, -0.2) is 0 Å². The van der Waals surface area contributed by atoms with E-state index in [4.69, 9.17) is 5.11 Å². The van der Waals surface area contributed by atoms with E-state index in [1.54, 1.807) is 0 Å². The van der Waals surface area contributed by atoms with Crippen LogP contribution in [0.4, 0.5) is 5.69 Å². The fourth-order valence-electron chi connectivity index (χ4n) is 1.73. The van der Waals surface area contributed by atoms with E-state index in [0.29, 0.717) is 6.54 Å². The molecule has 1 atom stereocenters. The Morgan fingerprint density at radius 1 is 1.62 bits per heavy atom. The predicted molar refractivity (Wildman–Crippen MR) is 70.5 cm³/mol. The van der Waals surface area contributed by atoms with E-state index in [1.165, 1.54) is 0 Å². The monoisotopic (exact) mass is 332 g/mol. The molecule has 0 saturated carbocycles. The first-order chi connectivity index (χ1) is 7.61. The molecule has 0 fully saturated rings. The molecule has 0 bridgehead atoms. The molecule has 16 heavy (non-hydrogen) atoms. The maximum absolute atomic E-state index is 11.5. The van der Waals surface area contributed by atoms with Gasteiger partial charge >= 0.3 is 0 Å². The number of anilines is 1. The number of halogens is 1. The van der Waals surface area contributed by atoms with Gasteiger partial charge in [-0.05, 0) is 47.2 Å². The number of aliphatic hydroxyl groups is 1. The number of carbonyl (C=O) groups excluding carboxylic acids is 1. The highest BCUT2D eigenvalue weighted by Crippen LogP contribution is 2.26. The second-order valence-electron chi connectivity index (χ2n) is 3.90. The van der Waals surface area contributed by atoms with E-state index >= 15 is 0 Å². The average Bonchev–Trinajstić information content (AvgIpc) is 2.60. The molecule has 1 heterocycles. The van der Waals surface area contributed by atoms with Gasteiger partial charge in [-0.15, -0.1) is 0 Å². The van der Waals surface area contributed by atoms with E-state index in [9.17, 15) is 4.79 Å². The van der Waals surface area contributed by atoms with Gasteiger partial charge in [0, 0.05) is 21.8 Å². The highest BCUT2D eigenvalue weighted by atomic mass is 127. The molecule has 86 valence electrons. The van der Waals surface area contributed by atoms with Gasteiger partial charge in [0.05, 0.1) is 12.2 Å². The first-order valence-corrected chi connectivity index (χ1v) is 6.17. The van der Waals surface area contributed by atoms with Crippen molar-refractivity contribution in [3.63, 3.8) is 0 Å². The molecule has 4 nitrogen and oxygen atoms in total. The van der Waals surface area contributed by atoms with E-state index in [0.717, 1.165) is 20.4 Å². The molecule has 1 aromatic carbocycles. The fraction of sp³-hybridized carbons (Fsp3) is 0.364. The van der Waals surface area contributed by atoms with Crippen molar-refractivity contribution in [2.75, 3.05) is 11.9 Å². The summed E-state index contributed by atoms with van der Waals surface area (Å²) in [7, 11) is 0. The van der Waals surface area contributed by atoms with Crippen LogP contribution in [0.15, 0.2) is 12.1 Å². The lowest BCUT2D eigenvalue weighted by molar-refractivity contribution is 0.0965. The Hall–Kier alpha value is -0.820. The van der Waals surface area contributed by atoms with Crippen LogP contribution in [0, 0.1) is 3.57 Å². The molecular formula is C11H13IN2O2. The molecular weight excluding hydrogens is 319 g/mol. The second-order valence-corrected chi connectivity index (χ2v) is 5.07. The number of hydrogen-bond acceptors (Lipinski definition) is 3. The second kappa shape index (κ2) is 4.58. The number of aliphatic hydroxyl groups excluding tert-OH is 1. The molecule has 5 heteroatoms. The lowest BCUT2D eigenvalue weighted by atomic mass is 10.1. The molecule has 0 unspecified atom stereocenters. The number of rotatable bonds is 3. The van der Waals surface area contributed by atoms with Crippen LogP contribution < -0.4 is 10.6 Å². The molecule has 1 amide bonds. The van der Waals surface area contributed by atoms with Gasteiger partial charge in [0.15, 0.2) is 0 Å². The zero-order valence-corrected chi connectivity index (χ0v) is 11.0. The first-order valence-electron chi connectivity index (χ1n) is 5.10. The van der Waals surface area contributed by atoms with Crippen LogP contribution in [0.2, 0.25) is 0 Å². The van der Waals surface area contributed by atoms with Crippen molar-refractivity contribution in [3.8, 4) is 0 Å². The molecule has 0 radical (unpaired) electrons. The van der Waals surface area contributed by atoms with Crippen molar-refractivity contribution in [2.24, 2.45) is 0 Å². The van der Waals surface area contributed by atoms with Crippen molar-refractivity contribution in [1.82, 2.24) is 5.32 Å². The van der Waals surface area contributed by atoms with Crippen LogP contribution in [0.5, 0.6) is 0 Å². The molecule has 1 aliphatic heterocycles. The summed E-state index contributed by atoms with van der Waals surface area (Å²) in [6, 6.07) is 3.90. The zero-order valence-electron chi connectivity index (χ0n) is 8.88. The van der Waals surface area contributed by atoms with E-state index in [1.807, 2.05) is 19.1 Å². The van der Waals surface area contributed by atoms with Gasteiger partial charge in [-0.1, -0.05) is 0 Å². The highest BCUT2D eigenvalue weighted by molar-refractivity contribution is 14.1. The minimum Gasteiger partial charge on any atom is -0.394 e. The van der Waals surface area contributed by atoms with Gasteiger partial charge in [0.2, 0.25) is 0 Å². The Balaban J connectivity index is 2.31. The predicted octanol–water partition coefficient (Wildman–Crippen LogP) is 1.33. The minimum atomic E-state index is 0.00107. The molecule has 0 saturated heterocycles. The summed E-state index contributed by atoms with van der Waals surface area (Å²) < 4.78 is 0.942. The number of fused-ring (bicyclic) bond motifs is 1. The lowest BCUT2D eigenvalue weighted by Gasteiger charge is -2.13. The van der Waals surface area contributed by atoms with Crippen LogP contribution in [-0.4, -0.2) is 23.7 Å². The molecule has 0 aliphatic carbocycles. The Bertz CT molecular complexity index is 434. The molecule has 3 N–H and O–H groups in total. The van der Waals surface area contributed by atoms with Crippen molar-refractivity contribution in [2.45, 2.75) is 19.5 Å². The van der Waals surface area contributed by atoms with Crippen molar-refractivity contribution in [1.29, 1.82) is 0 Å². The van der Waals surface area contributed by atoms with Crippen LogP contribution >= 0.6 is 22.6 Å². The fourth-order valence-corrected chi connectivity index (χ4v) is 2.66. The molecule has 0 aromatic heterocycles. The Kier molecular flexibility index (Phi) is 3.34.